The van der Waals surface area contributed by atoms with Gasteiger partial charge in [0, 0.05) is 11.3 Å². The zero-order valence-electron chi connectivity index (χ0n) is 16.7. The monoisotopic (exact) mass is 411 g/mol. The van der Waals surface area contributed by atoms with Crippen LogP contribution in [0.1, 0.15) is 18.1 Å². The third-order valence-corrected chi connectivity index (χ3v) is 4.73. The number of aliphatic hydroxyl groups excluding tert-OH is 1. The van der Waals surface area contributed by atoms with E-state index >= 15 is 0 Å². The van der Waals surface area contributed by atoms with Gasteiger partial charge in [0.1, 0.15) is 17.1 Å². The molecule has 0 radical (unpaired) electrons. The molecule has 0 aromatic heterocycles. The van der Waals surface area contributed by atoms with E-state index in [0.29, 0.717) is 17.3 Å². The number of carbonyl (C=O) groups excluding carboxylic acids is 3. The van der Waals surface area contributed by atoms with Crippen LogP contribution in [0.2, 0.25) is 0 Å². The van der Waals surface area contributed by atoms with Gasteiger partial charge in [0.25, 0.3) is 11.5 Å². The van der Waals surface area contributed by atoms with Crippen molar-refractivity contribution in [1.82, 2.24) is 0 Å². The van der Waals surface area contributed by atoms with Gasteiger partial charge in [-0.1, -0.05) is 17.7 Å². The van der Waals surface area contributed by atoms with Gasteiger partial charge < -0.3 is 19.7 Å². The van der Waals surface area contributed by atoms with E-state index in [2.05, 4.69) is 4.74 Å². The number of aryl methyl sites for hydroxylation is 1. The lowest BCUT2D eigenvalue weighted by atomic mass is 9.97. The molecule has 1 atom stereocenters. The van der Waals surface area contributed by atoms with Crippen molar-refractivity contribution in [1.29, 1.82) is 0 Å². The van der Waals surface area contributed by atoms with Crippen LogP contribution in [0.25, 0.3) is 5.76 Å². The highest BCUT2D eigenvalue weighted by Crippen LogP contribution is 2.40. The fourth-order valence-corrected chi connectivity index (χ4v) is 3.25. The Bertz CT molecular complexity index is 1020. The van der Waals surface area contributed by atoms with Gasteiger partial charge in [-0.2, -0.15) is 0 Å². The summed E-state index contributed by atoms with van der Waals surface area (Å²) in [5, 5.41) is 22.1. The lowest BCUT2D eigenvalue weighted by molar-refractivity contribution is -0.158. The first kappa shape index (κ1) is 21.1. The molecule has 30 heavy (non-hydrogen) atoms. The van der Waals surface area contributed by atoms with Crippen LogP contribution < -0.4 is 9.64 Å². The summed E-state index contributed by atoms with van der Waals surface area (Å²) in [4.78, 5) is 38.7. The summed E-state index contributed by atoms with van der Waals surface area (Å²) in [6.07, 6.45) is 0. The molecule has 8 nitrogen and oxygen atoms in total. The Balaban J connectivity index is 2.20. The molecule has 8 heteroatoms. The molecule has 2 N–H and O–H groups in total. The number of anilines is 1. The normalized spacial score (nSPS) is 20.3. The Kier molecular flexibility index (Phi) is 5.62. The summed E-state index contributed by atoms with van der Waals surface area (Å²) in [6.45, 7) is 4.07. The molecule has 1 aliphatic rings. The Morgan fingerprint density at radius 2 is 1.67 bits per heavy atom. The number of hydrogen-bond acceptors (Lipinski definition) is 7. The van der Waals surface area contributed by atoms with Crippen molar-refractivity contribution in [3.8, 4) is 5.75 Å². The molecule has 0 spiro atoms. The molecule has 3 rings (SSSR count). The van der Waals surface area contributed by atoms with Crippen molar-refractivity contribution < 1.29 is 34.1 Å². The highest BCUT2D eigenvalue weighted by molar-refractivity contribution is 6.54. The Morgan fingerprint density at radius 1 is 1.07 bits per heavy atom. The minimum absolute atomic E-state index is 0.0985. The van der Waals surface area contributed by atoms with Gasteiger partial charge in [0.05, 0.1) is 13.7 Å². The van der Waals surface area contributed by atoms with E-state index in [-0.39, 0.29) is 11.3 Å². The van der Waals surface area contributed by atoms with Crippen molar-refractivity contribution in [3.05, 3.63) is 65.2 Å². The second-order valence-corrected chi connectivity index (χ2v) is 6.65. The Labute approximate surface area is 173 Å². The number of carbonyl (C=O) groups is 3. The molecule has 2 aromatic rings. The largest absolute Gasteiger partial charge is 0.507 e. The highest BCUT2D eigenvalue weighted by atomic mass is 16.5. The van der Waals surface area contributed by atoms with Crippen molar-refractivity contribution in [2.24, 2.45) is 0 Å². The van der Waals surface area contributed by atoms with Crippen molar-refractivity contribution in [2.45, 2.75) is 19.6 Å². The SMILES string of the molecule is CCOc1ccc(/C(O)=C2\C(=O)C(=O)N(c3ccc(C)cc3)C2(O)C(=O)OC)cc1. The summed E-state index contributed by atoms with van der Waals surface area (Å²) in [6, 6.07) is 12.2. The van der Waals surface area contributed by atoms with E-state index in [1.165, 1.54) is 24.3 Å². The maximum atomic E-state index is 12.8. The summed E-state index contributed by atoms with van der Waals surface area (Å²) in [5.74, 6) is -3.85. The summed E-state index contributed by atoms with van der Waals surface area (Å²) < 4.78 is 10.0. The molecule has 156 valence electrons. The standard InChI is InChI=1S/C22H21NO7/c1-4-30-16-11-7-14(8-12-16)18(24)17-19(25)20(26)23(22(17,28)21(27)29-3)15-9-5-13(2)6-10-15/h5-12,24,28H,4H2,1-3H3/b18-17-. The number of aliphatic hydroxyl groups is 2. The highest BCUT2D eigenvalue weighted by Gasteiger charge is 2.62. The minimum Gasteiger partial charge on any atom is -0.507 e. The number of benzene rings is 2. The van der Waals surface area contributed by atoms with E-state index in [4.69, 9.17) is 4.74 Å². The molecule has 2 aromatic carbocycles. The maximum absolute atomic E-state index is 12.8. The van der Waals surface area contributed by atoms with E-state index < -0.39 is 34.7 Å². The van der Waals surface area contributed by atoms with Crippen molar-refractivity contribution in [2.75, 3.05) is 18.6 Å². The lowest BCUT2D eigenvalue weighted by Crippen LogP contribution is -2.54. The van der Waals surface area contributed by atoms with Crippen LogP contribution in [0, 0.1) is 6.92 Å². The second kappa shape index (κ2) is 8.00. The molecule has 0 bridgehead atoms. The summed E-state index contributed by atoms with van der Waals surface area (Å²) in [5.41, 5.74) is -2.53. The van der Waals surface area contributed by atoms with E-state index in [9.17, 15) is 24.6 Å². The van der Waals surface area contributed by atoms with Gasteiger partial charge in [0.15, 0.2) is 0 Å². The minimum atomic E-state index is -2.83. The molecule has 1 unspecified atom stereocenters. The smallest absolute Gasteiger partial charge is 0.365 e. The first-order valence-corrected chi connectivity index (χ1v) is 9.19. The van der Waals surface area contributed by atoms with Crippen LogP contribution in [-0.4, -0.2) is 47.3 Å². The Hall–Kier alpha value is -3.65. The second-order valence-electron chi connectivity index (χ2n) is 6.65. The topological polar surface area (TPSA) is 113 Å². The fourth-order valence-electron chi connectivity index (χ4n) is 3.25. The zero-order chi connectivity index (χ0) is 22.1. The number of rotatable bonds is 5. The number of methoxy groups -OCH3 is 1. The number of esters is 1. The molecule has 1 amide bonds. The average molecular weight is 411 g/mol. The number of amides is 1. The fraction of sp³-hybridized carbons (Fsp3) is 0.227. The van der Waals surface area contributed by atoms with Gasteiger partial charge >= 0.3 is 11.9 Å². The van der Waals surface area contributed by atoms with Crippen LogP contribution in [0.5, 0.6) is 5.75 Å². The van der Waals surface area contributed by atoms with Crippen LogP contribution in [0.3, 0.4) is 0 Å². The molecule has 1 saturated heterocycles. The zero-order valence-corrected chi connectivity index (χ0v) is 16.7. The van der Waals surface area contributed by atoms with Crippen LogP contribution in [0.15, 0.2) is 54.1 Å². The molecule has 1 aliphatic heterocycles. The van der Waals surface area contributed by atoms with Gasteiger partial charge in [0.2, 0.25) is 0 Å². The van der Waals surface area contributed by atoms with Crippen LogP contribution >= 0.6 is 0 Å². The maximum Gasteiger partial charge on any atom is 0.365 e. The predicted octanol–water partition coefficient (Wildman–Crippen LogP) is 2.14. The number of ketones is 1. The van der Waals surface area contributed by atoms with E-state index in [1.54, 1.807) is 24.3 Å². The van der Waals surface area contributed by atoms with E-state index in [0.717, 1.165) is 12.7 Å². The number of Topliss-reactive ketones (excluding diaryl/α,β-unsaturated/α-hetero) is 1. The molecule has 0 aliphatic carbocycles. The molecule has 1 heterocycles. The van der Waals surface area contributed by atoms with Crippen LogP contribution in [-0.2, 0) is 19.1 Å². The Morgan fingerprint density at radius 3 is 2.20 bits per heavy atom. The average Bonchev–Trinajstić information content (AvgIpc) is 2.95. The quantitative estimate of drug-likeness (QED) is 0.335. The number of ether oxygens (including phenoxy) is 2. The lowest BCUT2D eigenvalue weighted by Gasteiger charge is -2.31. The third kappa shape index (κ3) is 3.31. The first-order chi connectivity index (χ1) is 14.2. The summed E-state index contributed by atoms with van der Waals surface area (Å²) in [7, 11) is 1.01. The van der Waals surface area contributed by atoms with Gasteiger partial charge in [-0.25, -0.2) is 4.79 Å². The van der Waals surface area contributed by atoms with Crippen molar-refractivity contribution in [3.63, 3.8) is 0 Å². The summed E-state index contributed by atoms with van der Waals surface area (Å²) >= 11 is 0. The van der Waals surface area contributed by atoms with Crippen molar-refractivity contribution >= 4 is 29.1 Å². The number of nitrogens with zero attached hydrogens (tertiary/aromatic N) is 1. The molecule has 1 fully saturated rings. The van der Waals surface area contributed by atoms with Gasteiger partial charge in [-0.05, 0) is 50.2 Å². The van der Waals surface area contributed by atoms with E-state index in [1.807, 2.05) is 13.8 Å². The third-order valence-electron chi connectivity index (χ3n) is 4.73. The molecular formula is C22H21NO7. The van der Waals surface area contributed by atoms with Gasteiger partial charge in [-0.15, -0.1) is 0 Å². The predicted molar refractivity (Wildman–Crippen MR) is 108 cm³/mol. The molecule has 0 saturated carbocycles. The first-order valence-electron chi connectivity index (χ1n) is 9.19. The number of hydrogen-bond donors (Lipinski definition) is 2. The molecular weight excluding hydrogens is 390 g/mol. The van der Waals surface area contributed by atoms with Gasteiger partial charge in [-0.3, -0.25) is 14.5 Å². The van der Waals surface area contributed by atoms with Crippen LogP contribution in [0.4, 0.5) is 5.69 Å².